The van der Waals surface area contributed by atoms with Gasteiger partial charge in [-0.05, 0) is 40.3 Å². The normalized spacial score (nSPS) is 35.8. The van der Waals surface area contributed by atoms with Gasteiger partial charge in [0.1, 0.15) is 0 Å². The van der Waals surface area contributed by atoms with Gasteiger partial charge in [-0.15, -0.1) is 0 Å². The summed E-state index contributed by atoms with van der Waals surface area (Å²) in [5, 5.41) is 0. The molecule has 0 spiro atoms. The molecule has 13 heavy (non-hydrogen) atoms. The van der Waals surface area contributed by atoms with Crippen LogP contribution in [0.3, 0.4) is 0 Å². The molecule has 0 saturated carbocycles. The van der Waals surface area contributed by atoms with Crippen molar-refractivity contribution < 1.29 is 0 Å². The molecule has 2 saturated heterocycles. The van der Waals surface area contributed by atoms with E-state index in [2.05, 4.69) is 30.7 Å². The third-order valence-corrected chi connectivity index (χ3v) is 3.58. The van der Waals surface area contributed by atoms with Crippen molar-refractivity contribution in [2.75, 3.05) is 26.7 Å². The molecule has 0 aromatic carbocycles. The van der Waals surface area contributed by atoms with Crippen LogP contribution in [0.1, 0.15) is 33.1 Å². The largest absolute Gasteiger partial charge is 0.303 e. The Bertz CT molecular complexity index is 189. The zero-order valence-corrected chi connectivity index (χ0v) is 9.21. The molecular weight excluding hydrogens is 160 g/mol. The molecule has 0 aromatic heterocycles. The van der Waals surface area contributed by atoms with E-state index in [-0.39, 0.29) is 0 Å². The van der Waals surface area contributed by atoms with E-state index in [1.165, 1.54) is 38.9 Å². The Labute approximate surface area is 81.9 Å². The molecule has 2 rings (SSSR count). The fourth-order valence-electron chi connectivity index (χ4n) is 3.16. The predicted octanol–water partition coefficient (Wildman–Crippen LogP) is 1.56. The zero-order chi connectivity index (χ0) is 9.47. The number of hydrogen-bond donors (Lipinski definition) is 0. The predicted molar refractivity (Wildman–Crippen MR) is 55.9 cm³/mol. The minimum Gasteiger partial charge on any atom is -0.303 e. The van der Waals surface area contributed by atoms with E-state index in [9.17, 15) is 0 Å². The molecule has 0 bridgehead atoms. The maximum Gasteiger partial charge on any atom is 0.0283 e. The summed E-state index contributed by atoms with van der Waals surface area (Å²) in [7, 11) is 2.26. The smallest absolute Gasteiger partial charge is 0.0283 e. The molecular formula is C11H22N2. The lowest BCUT2D eigenvalue weighted by atomic mass is 9.89. The highest BCUT2D eigenvalue weighted by atomic mass is 15.3. The van der Waals surface area contributed by atoms with Gasteiger partial charge < -0.3 is 4.90 Å². The third kappa shape index (κ3) is 1.75. The molecule has 0 radical (unpaired) electrons. The van der Waals surface area contributed by atoms with Gasteiger partial charge in [-0.3, -0.25) is 4.90 Å². The summed E-state index contributed by atoms with van der Waals surface area (Å²) >= 11 is 0. The molecule has 2 nitrogen and oxygen atoms in total. The number of rotatable bonds is 0. The SMILES string of the molecule is CN1CC2CCCCN2C(C)(C)C1. The number of likely N-dealkylation sites (N-methyl/N-ethyl adjacent to an activating group) is 1. The van der Waals surface area contributed by atoms with Crippen molar-refractivity contribution in [3.63, 3.8) is 0 Å². The fraction of sp³-hybridized carbons (Fsp3) is 1.00. The summed E-state index contributed by atoms with van der Waals surface area (Å²) in [6, 6.07) is 0.836. The van der Waals surface area contributed by atoms with Crippen molar-refractivity contribution in [1.82, 2.24) is 9.80 Å². The molecule has 1 unspecified atom stereocenters. The van der Waals surface area contributed by atoms with Crippen LogP contribution in [0.15, 0.2) is 0 Å². The third-order valence-electron chi connectivity index (χ3n) is 3.58. The van der Waals surface area contributed by atoms with Crippen LogP contribution in [0.2, 0.25) is 0 Å². The number of fused-ring (bicyclic) bond motifs is 1. The van der Waals surface area contributed by atoms with Crippen molar-refractivity contribution in [2.45, 2.75) is 44.7 Å². The molecule has 76 valence electrons. The van der Waals surface area contributed by atoms with E-state index in [4.69, 9.17) is 0 Å². The molecule has 2 fully saturated rings. The van der Waals surface area contributed by atoms with Gasteiger partial charge in [-0.25, -0.2) is 0 Å². The van der Waals surface area contributed by atoms with Gasteiger partial charge >= 0.3 is 0 Å². The van der Waals surface area contributed by atoms with E-state index >= 15 is 0 Å². The van der Waals surface area contributed by atoms with Crippen LogP contribution in [-0.4, -0.2) is 48.1 Å². The minimum atomic E-state index is 0.401. The highest BCUT2D eigenvalue weighted by molar-refractivity contribution is 4.96. The average Bonchev–Trinajstić information content (AvgIpc) is 2.02. The first-order chi connectivity index (χ1) is 6.09. The number of piperazine rings is 1. The standard InChI is InChI=1S/C11H22N2/c1-11(2)9-12(3)8-10-6-4-5-7-13(10)11/h10H,4-9H2,1-3H3. The van der Waals surface area contributed by atoms with Crippen LogP contribution in [0.25, 0.3) is 0 Å². The van der Waals surface area contributed by atoms with Gasteiger partial charge in [0.05, 0.1) is 0 Å². The number of hydrogen-bond acceptors (Lipinski definition) is 2. The summed E-state index contributed by atoms with van der Waals surface area (Å²) in [4.78, 5) is 5.23. The first-order valence-electron chi connectivity index (χ1n) is 5.55. The maximum absolute atomic E-state index is 2.73. The van der Waals surface area contributed by atoms with Crippen molar-refractivity contribution in [2.24, 2.45) is 0 Å². The topological polar surface area (TPSA) is 6.48 Å². The Morgan fingerprint density at radius 2 is 2.00 bits per heavy atom. The van der Waals surface area contributed by atoms with E-state index in [1.54, 1.807) is 0 Å². The van der Waals surface area contributed by atoms with E-state index in [1.807, 2.05) is 0 Å². The summed E-state index contributed by atoms with van der Waals surface area (Å²) < 4.78 is 0. The molecule has 2 heterocycles. The highest BCUT2D eigenvalue weighted by Gasteiger charge is 2.39. The molecule has 0 N–H and O–H groups in total. The summed E-state index contributed by atoms with van der Waals surface area (Å²) in [6.07, 6.45) is 4.25. The molecule has 0 amide bonds. The zero-order valence-electron chi connectivity index (χ0n) is 9.21. The Morgan fingerprint density at radius 1 is 1.23 bits per heavy atom. The maximum atomic E-state index is 2.73. The first kappa shape index (κ1) is 9.47. The van der Waals surface area contributed by atoms with Crippen LogP contribution < -0.4 is 0 Å². The fourth-order valence-corrected chi connectivity index (χ4v) is 3.16. The van der Waals surface area contributed by atoms with E-state index in [0.29, 0.717) is 5.54 Å². The number of nitrogens with zero attached hydrogens (tertiary/aromatic N) is 2. The Hall–Kier alpha value is -0.0800. The minimum absolute atomic E-state index is 0.401. The van der Waals surface area contributed by atoms with Gasteiger partial charge in [0.2, 0.25) is 0 Å². The average molecular weight is 182 g/mol. The van der Waals surface area contributed by atoms with E-state index in [0.717, 1.165) is 6.04 Å². The van der Waals surface area contributed by atoms with Gasteiger partial charge in [-0.2, -0.15) is 0 Å². The van der Waals surface area contributed by atoms with E-state index < -0.39 is 0 Å². The van der Waals surface area contributed by atoms with Crippen LogP contribution in [0, 0.1) is 0 Å². The second kappa shape index (κ2) is 3.25. The summed E-state index contributed by atoms with van der Waals surface area (Å²) in [5.41, 5.74) is 0.401. The summed E-state index contributed by atoms with van der Waals surface area (Å²) in [6.45, 7) is 8.61. The molecule has 2 heteroatoms. The molecule has 1 atom stereocenters. The van der Waals surface area contributed by atoms with Crippen molar-refractivity contribution in [3.05, 3.63) is 0 Å². The summed E-state index contributed by atoms with van der Waals surface area (Å²) in [5.74, 6) is 0. The van der Waals surface area contributed by atoms with Crippen LogP contribution in [0.5, 0.6) is 0 Å². The van der Waals surface area contributed by atoms with Crippen molar-refractivity contribution in [1.29, 1.82) is 0 Å². The molecule has 2 aliphatic rings. The van der Waals surface area contributed by atoms with Crippen LogP contribution in [0.4, 0.5) is 0 Å². The van der Waals surface area contributed by atoms with Gasteiger partial charge in [0.15, 0.2) is 0 Å². The lowest BCUT2D eigenvalue weighted by Gasteiger charge is -2.53. The molecule has 2 aliphatic heterocycles. The van der Waals surface area contributed by atoms with Crippen LogP contribution >= 0.6 is 0 Å². The van der Waals surface area contributed by atoms with Crippen molar-refractivity contribution >= 4 is 0 Å². The quantitative estimate of drug-likeness (QED) is 0.561. The molecule has 0 aliphatic carbocycles. The Morgan fingerprint density at radius 3 is 2.77 bits per heavy atom. The van der Waals surface area contributed by atoms with Crippen molar-refractivity contribution in [3.8, 4) is 0 Å². The van der Waals surface area contributed by atoms with Gasteiger partial charge in [-0.1, -0.05) is 6.42 Å². The lowest BCUT2D eigenvalue weighted by molar-refractivity contribution is -0.0345. The van der Waals surface area contributed by atoms with Gasteiger partial charge in [0.25, 0.3) is 0 Å². The second-order valence-corrected chi connectivity index (χ2v) is 5.35. The highest BCUT2D eigenvalue weighted by Crippen LogP contribution is 2.30. The monoisotopic (exact) mass is 182 g/mol. The second-order valence-electron chi connectivity index (χ2n) is 5.35. The lowest BCUT2D eigenvalue weighted by Crippen LogP contribution is -2.64. The molecule has 0 aromatic rings. The Kier molecular flexibility index (Phi) is 2.37. The first-order valence-corrected chi connectivity index (χ1v) is 5.55. The Balaban J connectivity index is 2.12. The number of piperidine rings is 1. The van der Waals surface area contributed by atoms with Gasteiger partial charge in [0, 0.05) is 24.7 Å². The van der Waals surface area contributed by atoms with Crippen LogP contribution in [-0.2, 0) is 0 Å².